The van der Waals surface area contributed by atoms with Gasteiger partial charge in [-0.2, -0.15) is 0 Å². The van der Waals surface area contributed by atoms with E-state index >= 15 is 0 Å². The van der Waals surface area contributed by atoms with Crippen LogP contribution in [-0.2, 0) is 22.4 Å². The number of hydrogen-bond acceptors (Lipinski definition) is 4. The van der Waals surface area contributed by atoms with Crippen molar-refractivity contribution in [2.75, 3.05) is 19.7 Å². The van der Waals surface area contributed by atoms with Gasteiger partial charge in [-0.3, -0.25) is 4.90 Å². The molecule has 2 aromatic rings. The highest BCUT2D eigenvalue weighted by molar-refractivity contribution is 6.42. The minimum Gasteiger partial charge on any atom is -0.456 e. The lowest BCUT2D eigenvalue weighted by Crippen LogP contribution is -2.43. The highest BCUT2D eigenvalue weighted by Gasteiger charge is 2.31. The zero-order chi connectivity index (χ0) is 23.8. The van der Waals surface area contributed by atoms with Gasteiger partial charge in [0.15, 0.2) is 0 Å². The van der Waals surface area contributed by atoms with Crippen LogP contribution in [0.25, 0.3) is 0 Å². The number of carbonyl (C=O) groups is 1. The van der Waals surface area contributed by atoms with Crippen molar-refractivity contribution in [2.45, 2.75) is 64.2 Å². The Bertz CT molecular complexity index is 1030. The average molecular weight is 494 g/mol. The van der Waals surface area contributed by atoms with E-state index in [0.29, 0.717) is 29.1 Å². The Balaban J connectivity index is 1.48. The van der Waals surface area contributed by atoms with Crippen LogP contribution in [0.4, 0.5) is 4.39 Å². The Hall–Kier alpha value is -1.66. The molecular formula is C26H30Cl2FNO3. The molecule has 4 nitrogen and oxygen atoms in total. The summed E-state index contributed by atoms with van der Waals surface area (Å²) in [5, 5.41) is 1.08. The van der Waals surface area contributed by atoms with Crippen LogP contribution in [0.3, 0.4) is 0 Å². The van der Waals surface area contributed by atoms with Crippen LogP contribution in [0.2, 0.25) is 10.0 Å². The second-order valence-electron chi connectivity index (χ2n) is 9.99. The molecule has 33 heavy (non-hydrogen) atoms. The predicted octanol–water partition coefficient (Wildman–Crippen LogP) is 6.41. The minimum absolute atomic E-state index is 0.0197. The summed E-state index contributed by atoms with van der Waals surface area (Å²) in [6.07, 6.45) is 2.88. The Morgan fingerprint density at radius 1 is 1.18 bits per heavy atom. The number of benzene rings is 2. The Morgan fingerprint density at radius 3 is 2.61 bits per heavy atom. The smallest absolute Gasteiger partial charge is 0.341 e. The molecule has 0 N–H and O–H groups in total. The molecule has 0 aromatic heterocycles. The first kappa shape index (κ1) is 24.5. The van der Waals surface area contributed by atoms with Crippen LogP contribution >= 0.6 is 23.2 Å². The van der Waals surface area contributed by atoms with Gasteiger partial charge in [0.05, 0.1) is 28.3 Å². The predicted molar refractivity (Wildman–Crippen MR) is 129 cm³/mol. The van der Waals surface area contributed by atoms with Gasteiger partial charge in [0, 0.05) is 19.6 Å². The van der Waals surface area contributed by atoms with Gasteiger partial charge in [0.25, 0.3) is 0 Å². The van der Waals surface area contributed by atoms with Gasteiger partial charge < -0.3 is 9.47 Å². The maximum Gasteiger partial charge on any atom is 0.341 e. The molecule has 1 saturated heterocycles. The molecule has 2 fully saturated rings. The second-order valence-corrected chi connectivity index (χ2v) is 10.8. The standard InChI is InChI=1S/C26H30Cl2FNO3/c1-26(2,3)33-25(31)21-13-20(17-5-6-17)18(12-24(21)29)14-30-8-9-32-19(15-30)10-16-4-7-22(27)23(28)11-16/h4,7,11-13,17,19H,5-6,8-10,14-15H2,1-3H3/t19-/m1/s1. The van der Waals surface area contributed by atoms with Crippen LogP contribution in [-0.4, -0.2) is 42.3 Å². The van der Waals surface area contributed by atoms with Gasteiger partial charge in [-0.1, -0.05) is 29.3 Å². The molecule has 2 aliphatic rings. The number of morpholine rings is 1. The number of nitrogens with zero attached hydrogens (tertiary/aromatic N) is 1. The second kappa shape index (κ2) is 9.91. The van der Waals surface area contributed by atoms with Gasteiger partial charge in [-0.05, 0) is 86.9 Å². The van der Waals surface area contributed by atoms with E-state index in [1.807, 2.05) is 12.1 Å². The lowest BCUT2D eigenvalue weighted by molar-refractivity contribution is -0.0305. The number of rotatable bonds is 6. The fourth-order valence-electron chi connectivity index (χ4n) is 4.25. The van der Waals surface area contributed by atoms with E-state index in [9.17, 15) is 9.18 Å². The van der Waals surface area contributed by atoms with Crippen molar-refractivity contribution >= 4 is 29.2 Å². The van der Waals surface area contributed by atoms with Crippen LogP contribution in [0.1, 0.15) is 66.6 Å². The first-order valence-corrected chi connectivity index (χ1v) is 12.2. The van der Waals surface area contributed by atoms with Crippen molar-refractivity contribution in [1.82, 2.24) is 4.90 Å². The molecule has 0 spiro atoms. The van der Waals surface area contributed by atoms with Crippen molar-refractivity contribution in [3.05, 3.63) is 68.4 Å². The molecule has 7 heteroatoms. The van der Waals surface area contributed by atoms with Crippen LogP contribution in [0.5, 0.6) is 0 Å². The fourth-order valence-corrected chi connectivity index (χ4v) is 4.57. The highest BCUT2D eigenvalue weighted by atomic mass is 35.5. The molecule has 1 heterocycles. The quantitative estimate of drug-likeness (QED) is 0.435. The monoisotopic (exact) mass is 493 g/mol. The summed E-state index contributed by atoms with van der Waals surface area (Å²) in [6.45, 7) is 8.10. The molecule has 0 radical (unpaired) electrons. The summed E-state index contributed by atoms with van der Waals surface area (Å²) < 4.78 is 26.4. The number of ether oxygens (including phenoxy) is 2. The molecule has 0 unspecified atom stereocenters. The third kappa shape index (κ3) is 6.48. The highest BCUT2D eigenvalue weighted by Crippen LogP contribution is 2.43. The first-order chi connectivity index (χ1) is 15.6. The molecular weight excluding hydrogens is 464 g/mol. The van der Waals surface area contributed by atoms with Gasteiger partial charge in [-0.25, -0.2) is 9.18 Å². The topological polar surface area (TPSA) is 38.8 Å². The minimum atomic E-state index is -0.668. The van der Waals surface area contributed by atoms with E-state index in [1.165, 1.54) is 6.07 Å². The summed E-state index contributed by atoms with van der Waals surface area (Å²) in [5.41, 5.74) is 2.43. The SMILES string of the molecule is CC(C)(C)OC(=O)c1cc(C2CC2)c(CN2CCO[C@H](Cc3ccc(Cl)c(Cl)c3)C2)cc1F. The van der Waals surface area contributed by atoms with Crippen molar-refractivity contribution in [1.29, 1.82) is 0 Å². The maximum atomic E-state index is 15.0. The molecule has 4 rings (SSSR count). The number of esters is 1. The Morgan fingerprint density at radius 2 is 1.94 bits per heavy atom. The van der Waals surface area contributed by atoms with Gasteiger partial charge >= 0.3 is 5.97 Å². The van der Waals surface area contributed by atoms with E-state index in [2.05, 4.69) is 4.90 Å². The van der Waals surface area contributed by atoms with Gasteiger partial charge in [0.1, 0.15) is 11.4 Å². The van der Waals surface area contributed by atoms with Crippen molar-refractivity contribution in [2.24, 2.45) is 0 Å². The lowest BCUT2D eigenvalue weighted by atomic mass is 9.98. The van der Waals surface area contributed by atoms with E-state index < -0.39 is 17.4 Å². The van der Waals surface area contributed by atoms with Crippen molar-refractivity contribution < 1.29 is 18.7 Å². The summed E-state index contributed by atoms with van der Waals surface area (Å²) in [4.78, 5) is 14.8. The van der Waals surface area contributed by atoms with Crippen molar-refractivity contribution in [3.8, 4) is 0 Å². The molecule has 178 valence electrons. The largest absolute Gasteiger partial charge is 0.456 e. The molecule has 2 aromatic carbocycles. The molecule has 1 aliphatic heterocycles. The number of hydrogen-bond donors (Lipinski definition) is 0. The molecule has 0 amide bonds. The summed E-state index contributed by atoms with van der Waals surface area (Å²) in [7, 11) is 0. The average Bonchev–Trinajstić information content (AvgIpc) is 3.55. The zero-order valence-corrected chi connectivity index (χ0v) is 20.8. The lowest BCUT2D eigenvalue weighted by Gasteiger charge is -2.33. The Labute approximate surface area is 205 Å². The van der Waals surface area contributed by atoms with Crippen LogP contribution in [0.15, 0.2) is 30.3 Å². The van der Waals surface area contributed by atoms with Gasteiger partial charge in [0.2, 0.25) is 0 Å². The van der Waals surface area contributed by atoms with E-state index in [-0.39, 0.29) is 11.7 Å². The van der Waals surface area contributed by atoms with E-state index in [0.717, 1.165) is 49.0 Å². The number of halogens is 3. The maximum absolute atomic E-state index is 15.0. The zero-order valence-electron chi connectivity index (χ0n) is 19.3. The van der Waals surface area contributed by atoms with E-state index in [4.69, 9.17) is 32.7 Å². The molecule has 1 atom stereocenters. The Kier molecular flexibility index (Phi) is 7.35. The number of carbonyl (C=O) groups excluding carboxylic acids is 1. The van der Waals surface area contributed by atoms with Crippen molar-refractivity contribution in [3.63, 3.8) is 0 Å². The van der Waals surface area contributed by atoms with Crippen LogP contribution < -0.4 is 0 Å². The molecule has 1 aliphatic carbocycles. The molecule has 1 saturated carbocycles. The van der Waals surface area contributed by atoms with Gasteiger partial charge in [-0.15, -0.1) is 0 Å². The third-order valence-electron chi connectivity index (χ3n) is 5.93. The molecule has 0 bridgehead atoms. The normalized spacial score (nSPS) is 19.5. The fraction of sp³-hybridized carbons (Fsp3) is 0.500. The van der Waals surface area contributed by atoms with E-state index in [1.54, 1.807) is 32.9 Å². The summed E-state index contributed by atoms with van der Waals surface area (Å²) >= 11 is 12.2. The third-order valence-corrected chi connectivity index (χ3v) is 6.67. The van der Waals surface area contributed by atoms with Crippen LogP contribution in [0, 0.1) is 5.82 Å². The summed E-state index contributed by atoms with van der Waals surface area (Å²) in [6, 6.07) is 8.88. The summed E-state index contributed by atoms with van der Waals surface area (Å²) in [5.74, 6) is -0.749. The first-order valence-electron chi connectivity index (χ1n) is 11.4.